The summed E-state index contributed by atoms with van der Waals surface area (Å²) in [5.74, 6) is -1.05. The van der Waals surface area contributed by atoms with Gasteiger partial charge in [0.15, 0.2) is 5.41 Å². The zero-order valence-corrected chi connectivity index (χ0v) is 11.7. The second-order valence-corrected chi connectivity index (χ2v) is 4.56. The van der Waals surface area contributed by atoms with E-state index >= 15 is 0 Å². The summed E-state index contributed by atoms with van der Waals surface area (Å²) in [6.07, 6.45) is 7.31. The van der Waals surface area contributed by atoms with Gasteiger partial charge < -0.3 is 9.47 Å². The van der Waals surface area contributed by atoms with Crippen molar-refractivity contribution in [1.29, 1.82) is 0 Å². The lowest BCUT2D eigenvalue weighted by Crippen LogP contribution is -2.38. The highest BCUT2D eigenvalue weighted by atomic mass is 16.5. The van der Waals surface area contributed by atoms with Crippen molar-refractivity contribution in [3.05, 3.63) is 12.7 Å². The number of carbonyl (C=O) groups excluding carboxylic acids is 2. The fourth-order valence-corrected chi connectivity index (χ4v) is 1.86. The smallest absolute Gasteiger partial charge is 0.322 e. The SMILES string of the molecule is C=CCCCCCCC(C)(C(=O)OC)C(=O)OC. The van der Waals surface area contributed by atoms with E-state index in [-0.39, 0.29) is 0 Å². The third kappa shape index (κ3) is 4.90. The van der Waals surface area contributed by atoms with Crippen LogP contribution >= 0.6 is 0 Å². The third-order valence-corrected chi connectivity index (χ3v) is 3.11. The fraction of sp³-hybridized carbons (Fsp3) is 0.714. The number of rotatable bonds is 9. The van der Waals surface area contributed by atoms with Crippen LogP contribution in [-0.2, 0) is 19.1 Å². The van der Waals surface area contributed by atoms with Crippen LogP contribution in [0.3, 0.4) is 0 Å². The summed E-state index contributed by atoms with van der Waals surface area (Å²) in [5.41, 5.74) is -1.18. The monoisotopic (exact) mass is 256 g/mol. The highest BCUT2D eigenvalue weighted by Gasteiger charge is 2.42. The number of hydrogen-bond donors (Lipinski definition) is 0. The summed E-state index contributed by atoms with van der Waals surface area (Å²) >= 11 is 0. The number of methoxy groups -OCH3 is 2. The van der Waals surface area contributed by atoms with Crippen molar-refractivity contribution in [2.75, 3.05) is 14.2 Å². The molecule has 0 N–H and O–H groups in total. The second-order valence-electron chi connectivity index (χ2n) is 4.56. The van der Waals surface area contributed by atoms with Gasteiger partial charge in [-0.1, -0.05) is 25.3 Å². The van der Waals surface area contributed by atoms with Gasteiger partial charge in [-0.3, -0.25) is 9.59 Å². The van der Waals surface area contributed by atoms with Crippen LogP contribution in [0.2, 0.25) is 0 Å². The predicted octanol–water partition coefficient (Wildman–Crippen LogP) is 2.87. The Bertz CT molecular complexity index is 268. The molecule has 0 aliphatic heterocycles. The molecule has 0 atom stereocenters. The maximum absolute atomic E-state index is 11.7. The normalized spacial score (nSPS) is 10.8. The quantitative estimate of drug-likeness (QED) is 0.275. The number of unbranched alkanes of at least 4 members (excludes halogenated alkanes) is 4. The lowest BCUT2D eigenvalue weighted by Gasteiger charge is -2.23. The van der Waals surface area contributed by atoms with Gasteiger partial charge in [-0.15, -0.1) is 6.58 Å². The van der Waals surface area contributed by atoms with Crippen LogP contribution in [-0.4, -0.2) is 26.2 Å². The van der Waals surface area contributed by atoms with E-state index in [1.54, 1.807) is 6.92 Å². The van der Waals surface area contributed by atoms with E-state index < -0.39 is 17.4 Å². The van der Waals surface area contributed by atoms with Gasteiger partial charge in [0, 0.05) is 0 Å². The average Bonchev–Trinajstić information content (AvgIpc) is 2.40. The summed E-state index contributed by atoms with van der Waals surface area (Å²) in [4.78, 5) is 23.3. The van der Waals surface area contributed by atoms with Gasteiger partial charge in [0.2, 0.25) is 0 Å². The molecule has 0 aliphatic rings. The van der Waals surface area contributed by atoms with Gasteiger partial charge in [-0.25, -0.2) is 0 Å². The molecule has 4 nitrogen and oxygen atoms in total. The zero-order valence-electron chi connectivity index (χ0n) is 11.7. The van der Waals surface area contributed by atoms with Gasteiger partial charge in [0.05, 0.1) is 14.2 Å². The number of hydrogen-bond acceptors (Lipinski definition) is 4. The lowest BCUT2D eigenvalue weighted by molar-refractivity contribution is -0.168. The summed E-state index contributed by atoms with van der Waals surface area (Å²) in [6, 6.07) is 0. The molecule has 0 saturated carbocycles. The first-order valence-corrected chi connectivity index (χ1v) is 6.30. The first-order valence-electron chi connectivity index (χ1n) is 6.30. The van der Waals surface area contributed by atoms with Crippen LogP contribution in [0, 0.1) is 5.41 Å². The first kappa shape index (κ1) is 16.7. The summed E-state index contributed by atoms with van der Waals surface area (Å²) < 4.78 is 9.36. The van der Waals surface area contributed by atoms with E-state index in [1.165, 1.54) is 14.2 Å². The van der Waals surface area contributed by atoms with E-state index in [4.69, 9.17) is 0 Å². The van der Waals surface area contributed by atoms with Crippen LogP contribution in [0.15, 0.2) is 12.7 Å². The molecule has 0 aromatic heterocycles. The van der Waals surface area contributed by atoms with Crippen LogP contribution in [0.25, 0.3) is 0 Å². The van der Waals surface area contributed by atoms with Crippen molar-refractivity contribution in [3.8, 4) is 0 Å². The largest absolute Gasteiger partial charge is 0.468 e. The van der Waals surface area contributed by atoms with Gasteiger partial charge in [0.1, 0.15) is 0 Å². The highest BCUT2D eigenvalue weighted by molar-refractivity contribution is 5.99. The number of ether oxygens (including phenoxy) is 2. The Hall–Kier alpha value is -1.32. The topological polar surface area (TPSA) is 52.6 Å². The lowest BCUT2D eigenvalue weighted by atomic mass is 9.84. The number of esters is 2. The third-order valence-electron chi connectivity index (χ3n) is 3.11. The molecule has 0 bridgehead atoms. The average molecular weight is 256 g/mol. The summed E-state index contributed by atoms with van der Waals surface area (Å²) in [7, 11) is 2.57. The van der Waals surface area contributed by atoms with Crippen molar-refractivity contribution < 1.29 is 19.1 Å². The molecule has 0 aromatic carbocycles. The van der Waals surface area contributed by atoms with E-state index in [9.17, 15) is 9.59 Å². The maximum atomic E-state index is 11.7. The van der Waals surface area contributed by atoms with Crippen LogP contribution in [0.5, 0.6) is 0 Å². The molecule has 0 aliphatic carbocycles. The minimum absolute atomic E-state index is 0.459. The van der Waals surface area contributed by atoms with E-state index in [2.05, 4.69) is 16.1 Å². The molecule has 0 fully saturated rings. The maximum Gasteiger partial charge on any atom is 0.322 e. The van der Waals surface area contributed by atoms with Gasteiger partial charge in [0.25, 0.3) is 0 Å². The Balaban J connectivity index is 4.22. The molecule has 4 heteroatoms. The van der Waals surface area contributed by atoms with Crippen molar-refractivity contribution >= 4 is 11.9 Å². The van der Waals surface area contributed by atoms with Crippen molar-refractivity contribution in [2.24, 2.45) is 5.41 Å². The van der Waals surface area contributed by atoms with E-state index in [0.717, 1.165) is 32.1 Å². The summed E-state index contributed by atoms with van der Waals surface area (Å²) in [5, 5.41) is 0. The molecule has 0 amide bonds. The van der Waals surface area contributed by atoms with Crippen LogP contribution in [0.4, 0.5) is 0 Å². The van der Waals surface area contributed by atoms with Crippen LogP contribution in [0.1, 0.15) is 45.4 Å². The first-order chi connectivity index (χ1) is 8.52. The Labute approximate surface area is 109 Å². The molecular weight excluding hydrogens is 232 g/mol. The highest BCUT2D eigenvalue weighted by Crippen LogP contribution is 2.28. The molecule has 0 unspecified atom stereocenters. The van der Waals surface area contributed by atoms with Gasteiger partial charge in [-0.2, -0.15) is 0 Å². The number of allylic oxidation sites excluding steroid dienone is 1. The summed E-state index contributed by atoms with van der Waals surface area (Å²) in [6.45, 7) is 5.24. The molecule has 104 valence electrons. The number of carbonyl (C=O) groups is 2. The van der Waals surface area contributed by atoms with E-state index in [0.29, 0.717) is 6.42 Å². The Morgan fingerprint density at radius 3 is 2.00 bits per heavy atom. The Morgan fingerprint density at radius 2 is 1.56 bits per heavy atom. The predicted molar refractivity (Wildman–Crippen MR) is 70.0 cm³/mol. The standard InChI is InChI=1S/C14H24O4/c1-5-6-7-8-9-10-11-14(2,12(15)17-3)13(16)18-4/h5H,1,6-11H2,2-4H3. The molecule has 18 heavy (non-hydrogen) atoms. The Morgan fingerprint density at radius 1 is 1.06 bits per heavy atom. The molecular formula is C14H24O4. The van der Waals surface area contributed by atoms with Gasteiger partial charge in [-0.05, 0) is 26.2 Å². The van der Waals surface area contributed by atoms with Crippen molar-refractivity contribution in [2.45, 2.75) is 45.4 Å². The Kier molecular flexibility index (Phi) is 8.08. The van der Waals surface area contributed by atoms with Crippen LogP contribution < -0.4 is 0 Å². The van der Waals surface area contributed by atoms with E-state index in [1.807, 2.05) is 6.08 Å². The molecule has 0 spiro atoms. The molecule has 0 saturated heterocycles. The molecule has 0 aromatic rings. The molecule has 0 radical (unpaired) electrons. The second kappa shape index (κ2) is 8.72. The van der Waals surface area contributed by atoms with Crippen molar-refractivity contribution in [1.82, 2.24) is 0 Å². The molecule has 0 rings (SSSR count). The van der Waals surface area contributed by atoms with Gasteiger partial charge >= 0.3 is 11.9 Å². The zero-order chi connectivity index (χ0) is 14.0. The molecule has 0 heterocycles. The van der Waals surface area contributed by atoms with Crippen molar-refractivity contribution in [3.63, 3.8) is 0 Å². The fourth-order valence-electron chi connectivity index (χ4n) is 1.86. The minimum Gasteiger partial charge on any atom is -0.468 e. The minimum atomic E-state index is -1.18.